The van der Waals surface area contributed by atoms with E-state index in [2.05, 4.69) is 30.7 Å². The number of para-hydroxylation sites is 1. The first-order chi connectivity index (χ1) is 16.3. The number of nitrogens with zero attached hydrogens (tertiary/aromatic N) is 2. The van der Waals surface area contributed by atoms with E-state index in [1.807, 2.05) is 24.3 Å². The molecule has 6 heteroatoms. The molecule has 0 aliphatic heterocycles. The molecular formula is C27H42N2O4. The third-order valence-electron chi connectivity index (χ3n) is 5.16. The first kappa shape index (κ1) is 27.1. The maximum absolute atomic E-state index is 6.30. The number of aromatic nitrogens is 2. The van der Waals surface area contributed by atoms with E-state index in [0.29, 0.717) is 24.8 Å². The highest BCUT2D eigenvalue weighted by atomic mass is 16.7. The second-order valence-electron chi connectivity index (χ2n) is 8.17. The van der Waals surface area contributed by atoms with Crippen molar-refractivity contribution in [1.82, 2.24) is 9.97 Å². The molecule has 0 N–H and O–H groups in total. The molecule has 2 rings (SSSR count). The molecule has 184 valence electrons. The Morgan fingerprint density at radius 2 is 1.52 bits per heavy atom. The summed E-state index contributed by atoms with van der Waals surface area (Å²) < 4.78 is 23.6. The third-order valence-corrected chi connectivity index (χ3v) is 5.16. The Morgan fingerprint density at radius 3 is 2.27 bits per heavy atom. The summed E-state index contributed by atoms with van der Waals surface area (Å²) >= 11 is 0. The average Bonchev–Trinajstić information content (AvgIpc) is 2.84. The molecule has 0 aliphatic carbocycles. The van der Waals surface area contributed by atoms with Gasteiger partial charge in [-0.25, -0.2) is 9.97 Å². The van der Waals surface area contributed by atoms with Crippen LogP contribution < -0.4 is 9.47 Å². The summed E-state index contributed by atoms with van der Waals surface area (Å²) in [6.45, 7) is 9.44. The minimum absolute atomic E-state index is 0.256. The number of unbranched alkanes of at least 4 members (excludes halogenated alkanes) is 4. The highest BCUT2D eigenvalue weighted by Crippen LogP contribution is 2.29. The minimum Gasteiger partial charge on any atom is -0.490 e. The van der Waals surface area contributed by atoms with Gasteiger partial charge in [0, 0.05) is 19.6 Å². The quantitative estimate of drug-likeness (QED) is 0.170. The fraction of sp³-hybridized carbons (Fsp3) is 0.630. The molecule has 1 heterocycles. The minimum atomic E-state index is -0.256. The number of ether oxygens (including phenoxy) is 4. The van der Waals surface area contributed by atoms with Crippen LogP contribution in [0.4, 0.5) is 0 Å². The van der Waals surface area contributed by atoms with Crippen LogP contribution in [0.2, 0.25) is 0 Å². The maximum atomic E-state index is 6.30. The van der Waals surface area contributed by atoms with E-state index in [0.717, 1.165) is 69.5 Å². The number of rotatable bonds is 19. The van der Waals surface area contributed by atoms with E-state index in [-0.39, 0.29) is 6.29 Å². The molecule has 0 radical (unpaired) electrons. The van der Waals surface area contributed by atoms with Crippen molar-refractivity contribution in [3.63, 3.8) is 0 Å². The average molecular weight is 459 g/mol. The summed E-state index contributed by atoms with van der Waals surface area (Å²) in [7, 11) is 0. The molecule has 1 aromatic heterocycles. The summed E-state index contributed by atoms with van der Waals surface area (Å²) in [6, 6.07) is 7.88. The van der Waals surface area contributed by atoms with Crippen LogP contribution in [0.25, 0.3) is 11.4 Å². The number of hydrogen-bond donors (Lipinski definition) is 0. The SMILES string of the molecule is CCCCCC(OCCCC)Oc1ccccc1-c1ncc(OCCCCOCCC)cn1. The van der Waals surface area contributed by atoms with Crippen molar-refractivity contribution in [3.8, 4) is 22.9 Å². The summed E-state index contributed by atoms with van der Waals surface area (Å²) in [5.41, 5.74) is 0.858. The molecule has 0 saturated heterocycles. The van der Waals surface area contributed by atoms with E-state index in [1.54, 1.807) is 12.4 Å². The van der Waals surface area contributed by atoms with Crippen LogP contribution >= 0.6 is 0 Å². The molecule has 1 aromatic carbocycles. The Kier molecular flexibility index (Phi) is 14.2. The zero-order valence-corrected chi connectivity index (χ0v) is 20.8. The van der Waals surface area contributed by atoms with Crippen LogP contribution in [-0.4, -0.2) is 42.7 Å². The van der Waals surface area contributed by atoms with Crippen molar-refractivity contribution in [2.45, 2.75) is 84.8 Å². The summed E-state index contributed by atoms with van der Waals surface area (Å²) in [6.07, 6.45) is 12.6. The molecule has 33 heavy (non-hydrogen) atoms. The van der Waals surface area contributed by atoms with E-state index in [1.165, 1.54) is 12.8 Å². The Balaban J connectivity index is 1.94. The Labute approximate surface area is 200 Å². The van der Waals surface area contributed by atoms with Crippen molar-refractivity contribution in [3.05, 3.63) is 36.7 Å². The molecular weight excluding hydrogens is 416 g/mol. The molecule has 1 unspecified atom stereocenters. The molecule has 1 atom stereocenters. The van der Waals surface area contributed by atoms with Crippen LogP contribution in [0.1, 0.15) is 78.6 Å². The normalized spacial score (nSPS) is 12.0. The van der Waals surface area contributed by atoms with Gasteiger partial charge in [0.1, 0.15) is 5.75 Å². The summed E-state index contributed by atoms with van der Waals surface area (Å²) in [5.74, 6) is 2.04. The smallest absolute Gasteiger partial charge is 0.199 e. The van der Waals surface area contributed by atoms with Crippen LogP contribution in [0.3, 0.4) is 0 Å². The zero-order valence-electron chi connectivity index (χ0n) is 20.8. The molecule has 6 nitrogen and oxygen atoms in total. The van der Waals surface area contributed by atoms with Crippen LogP contribution in [0, 0.1) is 0 Å². The topological polar surface area (TPSA) is 62.7 Å². The van der Waals surface area contributed by atoms with Crippen LogP contribution in [0.15, 0.2) is 36.7 Å². The lowest BCUT2D eigenvalue weighted by molar-refractivity contribution is -0.0859. The zero-order chi connectivity index (χ0) is 23.6. The monoisotopic (exact) mass is 458 g/mol. The molecule has 0 aliphatic rings. The van der Waals surface area contributed by atoms with Gasteiger partial charge >= 0.3 is 0 Å². The predicted molar refractivity (Wildman–Crippen MR) is 133 cm³/mol. The van der Waals surface area contributed by atoms with Crippen LogP contribution in [0.5, 0.6) is 11.5 Å². The van der Waals surface area contributed by atoms with Crippen molar-refractivity contribution in [1.29, 1.82) is 0 Å². The van der Waals surface area contributed by atoms with Gasteiger partial charge in [-0.1, -0.05) is 52.2 Å². The number of hydrogen-bond acceptors (Lipinski definition) is 6. The van der Waals surface area contributed by atoms with Gasteiger partial charge in [0.2, 0.25) is 0 Å². The first-order valence-electron chi connectivity index (χ1n) is 12.7. The highest BCUT2D eigenvalue weighted by Gasteiger charge is 2.15. The van der Waals surface area contributed by atoms with Gasteiger partial charge in [0.25, 0.3) is 0 Å². The molecule has 0 fully saturated rings. The summed E-state index contributed by atoms with van der Waals surface area (Å²) in [5, 5.41) is 0. The van der Waals surface area contributed by atoms with Gasteiger partial charge in [-0.2, -0.15) is 0 Å². The molecule has 2 aromatic rings. The lowest BCUT2D eigenvalue weighted by Crippen LogP contribution is -2.21. The van der Waals surface area contributed by atoms with E-state index < -0.39 is 0 Å². The van der Waals surface area contributed by atoms with Gasteiger partial charge in [-0.05, 0) is 44.2 Å². The fourth-order valence-electron chi connectivity index (χ4n) is 3.26. The second-order valence-corrected chi connectivity index (χ2v) is 8.17. The lowest BCUT2D eigenvalue weighted by Gasteiger charge is -2.21. The molecule has 0 spiro atoms. The predicted octanol–water partition coefficient (Wildman–Crippen LogP) is 6.83. The standard InChI is InChI=1S/C27H42N2O4/c1-4-7-9-16-26(32-19-8-5-2)33-25-15-11-10-14-24(25)27-28-21-23(22-29-27)31-20-13-12-18-30-17-6-3/h10-11,14-15,21-22,26H,4-9,12-13,16-20H2,1-3H3. The Hall–Kier alpha value is -2.18. The second kappa shape index (κ2) is 17.3. The largest absolute Gasteiger partial charge is 0.490 e. The Bertz CT molecular complexity index is 729. The van der Waals surface area contributed by atoms with Gasteiger partial charge in [-0.3, -0.25) is 0 Å². The lowest BCUT2D eigenvalue weighted by atomic mass is 10.1. The molecule has 0 bridgehead atoms. The van der Waals surface area contributed by atoms with E-state index >= 15 is 0 Å². The van der Waals surface area contributed by atoms with Gasteiger partial charge in [0.15, 0.2) is 17.9 Å². The van der Waals surface area contributed by atoms with Gasteiger partial charge in [0.05, 0.1) is 31.2 Å². The van der Waals surface area contributed by atoms with Crippen molar-refractivity contribution in [2.24, 2.45) is 0 Å². The molecule has 0 saturated carbocycles. The summed E-state index contributed by atoms with van der Waals surface area (Å²) in [4.78, 5) is 9.05. The molecule has 0 amide bonds. The van der Waals surface area contributed by atoms with Crippen molar-refractivity contribution < 1.29 is 18.9 Å². The van der Waals surface area contributed by atoms with Crippen LogP contribution in [-0.2, 0) is 9.47 Å². The Morgan fingerprint density at radius 1 is 0.758 bits per heavy atom. The number of benzene rings is 1. The fourth-order valence-corrected chi connectivity index (χ4v) is 3.26. The highest BCUT2D eigenvalue weighted by molar-refractivity contribution is 5.63. The first-order valence-corrected chi connectivity index (χ1v) is 12.7. The third kappa shape index (κ3) is 11.0. The van der Waals surface area contributed by atoms with Gasteiger partial charge < -0.3 is 18.9 Å². The van der Waals surface area contributed by atoms with Gasteiger partial charge in [-0.15, -0.1) is 0 Å². The van der Waals surface area contributed by atoms with E-state index in [9.17, 15) is 0 Å². The van der Waals surface area contributed by atoms with E-state index in [4.69, 9.17) is 18.9 Å². The maximum Gasteiger partial charge on any atom is 0.199 e. The van der Waals surface area contributed by atoms with Crippen molar-refractivity contribution >= 4 is 0 Å². The van der Waals surface area contributed by atoms with Crippen molar-refractivity contribution in [2.75, 3.05) is 26.4 Å².